The second-order valence-corrected chi connectivity index (χ2v) is 3.90. The van der Waals surface area contributed by atoms with E-state index in [-0.39, 0.29) is 5.54 Å². The third kappa shape index (κ3) is 1.34. The number of aryl methyl sites for hydroxylation is 1. The molecule has 0 bridgehead atoms. The molecule has 4 heteroatoms. The van der Waals surface area contributed by atoms with Crippen LogP contribution in [-0.2, 0) is 12.1 Å². The molecule has 1 N–H and O–H groups in total. The van der Waals surface area contributed by atoms with Gasteiger partial charge in [-0.1, -0.05) is 12.1 Å². The van der Waals surface area contributed by atoms with Gasteiger partial charge in [0.05, 0.1) is 17.4 Å². The fourth-order valence-corrected chi connectivity index (χ4v) is 2.37. The van der Waals surface area contributed by atoms with Crippen LogP contribution < -0.4 is 5.32 Å². The molecule has 1 aromatic heterocycles. The zero-order valence-corrected chi connectivity index (χ0v) is 8.95. The normalized spacial score (nSPS) is 27.0. The molecule has 78 valence electrons. The lowest BCUT2D eigenvalue weighted by molar-refractivity contribution is 0.342. The highest BCUT2D eigenvalue weighted by atomic mass is 15.4. The summed E-state index contributed by atoms with van der Waals surface area (Å²) >= 11 is 0. The van der Waals surface area contributed by atoms with Crippen LogP contribution in [-0.4, -0.2) is 21.5 Å². The molecule has 0 spiro atoms. The van der Waals surface area contributed by atoms with Crippen molar-refractivity contribution in [2.24, 2.45) is 0 Å². The molecule has 1 aliphatic heterocycles. The molecule has 1 atom stereocenters. The quantitative estimate of drug-likeness (QED) is 0.788. The minimum atomic E-state index is 0.138. The van der Waals surface area contributed by atoms with E-state index in [1.54, 1.807) is 0 Å². The van der Waals surface area contributed by atoms with Crippen LogP contribution in [0.2, 0.25) is 0 Å². The van der Waals surface area contributed by atoms with E-state index >= 15 is 0 Å². The molecular weight excluding hydrogens is 176 g/mol. The Hall–Kier alpha value is -0.900. The third-order valence-corrected chi connectivity index (χ3v) is 3.25. The molecule has 1 saturated heterocycles. The van der Waals surface area contributed by atoms with Crippen molar-refractivity contribution in [3.63, 3.8) is 0 Å². The Morgan fingerprint density at radius 2 is 2.43 bits per heavy atom. The van der Waals surface area contributed by atoms with Gasteiger partial charge in [0.1, 0.15) is 0 Å². The molecule has 1 aromatic rings. The molecule has 1 fully saturated rings. The third-order valence-electron chi connectivity index (χ3n) is 3.25. The van der Waals surface area contributed by atoms with Crippen LogP contribution >= 0.6 is 0 Å². The molecule has 0 aromatic carbocycles. The minimum Gasteiger partial charge on any atom is -0.306 e. The first kappa shape index (κ1) is 9.65. The lowest BCUT2D eigenvalue weighted by Gasteiger charge is -2.28. The van der Waals surface area contributed by atoms with Crippen molar-refractivity contribution in [3.8, 4) is 0 Å². The maximum atomic E-state index is 4.10. The predicted molar refractivity (Wildman–Crippen MR) is 54.9 cm³/mol. The lowest BCUT2D eigenvalue weighted by Crippen LogP contribution is -2.38. The Morgan fingerprint density at radius 3 is 3.00 bits per heavy atom. The second-order valence-electron chi connectivity index (χ2n) is 3.90. The van der Waals surface area contributed by atoms with E-state index in [1.165, 1.54) is 18.5 Å². The zero-order valence-electron chi connectivity index (χ0n) is 8.95. The summed E-state index contributed by atoms with van der Waals surface area (Å²) in [5, 5.41) is 11.7. The van der Waals surface area contributed by atoms with Gasteiger partial charge >= 0.3 is 0 Å². The van der Waals surface area contributed by atoms with Gasteiger partial charge in [0, 0.05) is 6.54 Å². The molecule has 0 amide bonds. The van der Waals surface area contributed by atoms with E-state index in [0.717, 1.165) is 19.5 Å². The molecule has 1 aliphatic rings. The highest BCUT2D eigenvalue weighted by Gasteiger charge is 2.36. The topological polar surface area (TPSA) is 42.7 Å². The summed E-state index contributed by atoms with van der Waals surface area (Å²) in [7, 11) is 0. The van der Waals surface area contributed by atoms with E-state index in [1.807, 2.05) is 10.9 Å². The standard InChI is InChI=1S/C10H18N4/c1-3-10(6-5-7-11-10)9-8-12-13-14(9)4-2/h8,11H,3-7H2,1-2H3. The number of rotatable bonds is 3. The summed E-state index contributed by atoms with van der Waals surface area (Å²) < 4.78 is 2.00. The van der Waals surface area contributed by atoms with E-state index in [0.29, 0.717) is 0 Å². The first-order valence-corrected chi connectivity index (χ1v) is 5.46. The first-order chi connectivity index (χ1) is 6.82. The van der Waals surface area contributed by atoms with Gasteiger partial charge in [0.25, 0.3) is 0 Å². The maximum Gasteiger partial charge on any atom is 0.0787 e. The Balaban J connectivity index is 2.35. The Labute approximate surface area is 84.7 Å². The van der Waals surface area contributed by atoms with Crippen LogP contribution in [0.5, 0.6) is 0 Å². The van der Waals surface area contributed by atoms with Crippen molar-refractivity contribution in [2.45, 2.75) is 45.2 Å². The molecular formula is C10H18N4. The fraction of sp³-hybridized carbons (Fsp3) is 0.800. The van der Waals surface area contributed by atoms with Crippen LogP contribution in [0.15, 0.2) is 6.20 Å². The summed E-state index contributed by atoms with van der Waals surface area (Å²) in [6, 6.07) is 0. The van der Waals surface area contributed by atoms with E-state index < -0.39 is 0 Å². The van der Waals surface area contributed by atoms with Gasteiger partial charge < -0.3 is 5.32 Å². The highest BCUT2D eigenvalue weighted by molar-refractivity contribution is 5.14. The molecule has 14 heavy (non-hydrogen) atoms. The monoisotopic (exact) mass is 194 g/mol. The number of hydrogen-bond donors (Lipinski definition) is 1. The minimum absolute atomic E-state index is 0.138. The number of nitrogens with zero attached hydrogens (tertiary/aromatic N) is 3. The number of nitrogens with one attached hydrogen (secondary N) is 1. The number of hydrogen-bond acceptors (Lipinski definition) is 3. The molecule has 2 rings (SSSR count). The van der Waals surface area contributed by atoms with E-state index in [2.05, 4.69) is 29.5 Å². The van der Waals surface area contributed by atoms with Crippen molar-refractivity contribution in [1.29, 1.82) is 0 Å². The second kappa shape index (κ2) is 3.69. The molecule has 2 heterocycles. The summed E-state index contributed by atoms with van der Waals surface area (Å²) in [5.74, 6) is 0. The van der Waals surface area contributed by atoms with Gasteiger partial charge in [-0.25, -0.2) is 4.68 Å². The van der Waals surface area contributed by atoms with Crippen molar-refractivity contribution < 1.29 is 0 Å². The van der Waals surface area contributed by atoms with Crippen molar-refractivity contribution in [3.05, 3.63) is 11.9 Å². The average molecular weight is 194 g/mol. The van der Waals surface area contributed by atoms with Crippen LogP contribution in [0.25, 0.3) is 0 Å². The Kier molecular flexibility index (Phi) is 2.54. The van der Waals surface area contributed by atoms with E-state index in [4.69, 9.17) is 0 Å². The average Bonchev–Trinajstić information content (AvgIpc) is 2.86. The highest BCUT2D eigenvalue weighted by Crippen LogP contribution is 2.33. The van der Waals surface area contributed by atoms with Crippen molar-refractivity contribution in [2.75, 3.05) is 6.54 Å². The fourth-order valence-electron chi connectivity index (χ4n) is 2.37. The summed E-state index contributed by atoms with van der Waals surface area (Å²) in [6.45, 7) is 6.35. The van der Waals surface area contributed by atoms with E-state index in [9.17, 15) is 0 Å². The molecule has 0 saturated carbocycles. The summed E-state index contributed by atoms with van der Waals surface area (Å²) in [4.78, 5) is 0. The molecule has 1 unspecified atom stereocenters. The molecule has 4 nitrogen and oxygen atoms in total. The van der Waals surface area contributed by atoms with Gasteiger partial charge in [-0.05, 0) is 32.7 Å². The largest absolute Gasteiger partial charge is 0.306 e. The predicted octanol–water partition coefficient (Wildman–Crippen LogP) is 1.29. The van der Waals surface area contributed by atoms with Gasteiger partial charge in [-0.2, -0.15) is 0 Å². The molecule has 0 radical (unpaired) electrons. The van der Waals surface area contributed by atoms with Crippen molar-refractivity contribution in [1.82, 2.24) is 20.3 Å². The Bertz CT molecular complexity index is 299. The molecule has 0 aliphatic carbocycles. The SMILES string of the molecule is CCn1nncc1C1(CC)CCCN1. The van der Waals surface area contributed by atoms with Crippen LogP contribution in [0.1, 0.15) is 38.8 Å². The van der Waals surface area contributed by atoms with Crippen molar-refractivity contribution >= 4 is 0 Å². The van der Waals surface area contributed by atoms with Crippen LogP contribution in [0.3, 0.4) is 0 Å². The van der Waals surface area contributed by atoms with Crippen LogP contribution in [0.4, 0.5) is 0 Å². The van der Waals surface area contributed by atoms with Gasteiger partial charge in [-0.3, -0.25) is 0 Å². The number of aromatic nitrogens is 3. The van der Waals surface area contributed by atoms with Gasteiger partial charge in [-0.15, -0.1) is 5.10 Å². The van der Waals surface area contributed by atoms with Crippen LogP contribution in [0, 0.1) is 0 Å². The first-order valence-electron chi connectivity index (χ1n) is 5.46. The lowest BCUT2D eigenvalue weighted by atomic mass is 9.90. The Morgan fingerprint density at radius 1 is 1.57 bits per heavy atom. The summed E-state index contributed by atoms with van der Waals surface area (Å²) in [6.07, 6.45) is 5.48. The van der Waals surface area contributed by atoms with Gasteiger partial charge in [0.15, 0.2) is 0 Å². The van der Waals surface area contributed by atoms with Gasteiger partial charge in [0.2, 0.25) is 0 Å². The zero-order chi connectivity index (χ0) is 10.0. The maximum absolute atomic E-state index is 4.10. The smallest absolute Gasteiger partial charge is 0.0787 e. The summed E-state index contributed by atoms with van der Waals surface area (Å²) in [5.41, 5.74) is 1.39.